The van der Waals surface area contributed by atoms with E-state index < -0.39 is 64.4 Å². The molecule has 1 aliphatic heterocycles. The van der Waals surface area contributed by atoms with Crippen LogP contribution in [0.2, 0.25) is 0 Å². The van der Waals surface area contributed by atoms with E-state index in [1.165, 1.54) is 4.90 Å². The van der Waals surface area contributed by atoms with E-state index in [1.807, 2.05) is 34.6 Å². The first-order chi connectivity index (χ1) is 21.1. The number of piperidine rings is 1. The van der Waals surface area contributed by atoms with Gasteiger partial charge in [-0.1, -0.05) is 71.0 Å². The Balaban J connectivity index is 2.32. The van der Waals surface area contributed by atoms with E-state index in [4.69, 9.17) is 12.8 Å². The lowest BCUT2D eigenvalue weighted by Gasteiger charge is -2.48. The molecule has 45 heavy (non-hydrogen) atoms. The van der Waals surface area contributed by atoms with Crippen LogP contribution >= 0.6 is 0 Å². The highest BCUT2D eigenvalue weighted by atomic mass is 32.2. The van der Waals surface area contributed by atoms with Crippen LogP contribution in [-0.4, -0.2) is 87.8 Å². The molecular weight excluding hydrogens is 594 g/mol. The Morgan fingerprint density at radius 3 is 2.24 bits per heavy atom. The molecule has 1 aliphatic carbocycles. The molecular formula is C33H51N5O6S. The standard InChI is InChI=1S/C33H51N5O6S/c1-9-11-15-24(27(39)29(41)34-18-10-2)35-28(40)25-19-32(6,7)23(5)20-38(25)30(42)26(22(3)4)36-31(43)37-33(21-45(8)44)16-13-12-14-17-33/h1-2,22-26H,11-21H2,3-8H3,(H,34,41)(H,35,40)(H2,36,37,43)/t23?,24?,25-,26-,45?/m0/s1. The van der Waals surface area contributed by atoms with Crippen molar-refractivity contribution in [2.75, 3.05) is 25.1 Å². The Bertz CT molecular complexity index is 1170. The summed E-state index contributed by atoms with van der Waals surface area (Å²) in [7, 11) is 0. The molecule has 1 heterocycles. The third-order valence-corrected chi connectivity index (χ3v) is 10.1. The van der Waals surface area contributed by atoms with Crippen LogP contribution in [0, 0.1) is 41.9 Å². The van der Waals surface area contributed by atoms with E-state index >= 15 is 0 Å². The highest BCUT2D eigenvalue weighted by molar-refractivity contribution is 7.90. The smallest absolute Gasteiger partial charge is 0.316 e. The largest absolute Gasteiger partial charge is 0.616 e. The molecule has 4 N–H and O–H groups in total. The van der Waals surface area contributed by atoms with Crippen LogP contribution in [0.25, 0.3) is 0 Å². The van der Waals surface area contributed by atoms with E-state index in [-0.39, 0.29) is 43.2 Å². The number of rotatable bonds is 13. The molecule has 1 saturated heterocycles. The van der Waals surface area contributed by atoms with Crippen LogP contribution in [0.15, 0.2) is 0 Å². The number of terminal acetylenes is 2. The van der Waals surface area contributed by atoms with Gasteiger partial charge in [0.2, 0.25) is 17.6 Å². The normalized spacial score (nSPS) is 22.5. The third-order valence-electron chi connectivity index (χ3n) is 9.16. The van der Waals surface area contributed by atoms with Gasteiger partial charge in [-0.2, -0.15) is 0 Å². The molecule has 2 fully saturated rings. The maximum Gasteiger partial charge on any atom is 0.316 e. The van der Waals surface area contributed by atoms with Gasteiger partial charge in [0.25, 0.3) is 5.91 Å². The second-order valence-electron chi connectivity index (χ2n) is 13.5. The SMILES string of the molecule is C#CCCC(NC(=O)[C@@H]1CC(C)(C)C(C)CN1C(=O)[C@@H](NC(=O)NC1(C[S+](C)[O-])CCCCC1)C(C)C)C(=O)C(=O)NCC#C. The number of ketones is 1. The van der Waals surface area contributed by atoms with Crippen molar-refractivity contribution in [3.8, 4) is 24.7 Å². The summed E-state index contributed by atoms with van der Waals surface area (Å²) in [4.78, 5) is 68.2. The maximum atomic E-state index is 14.2. The lowest BCUT2D eigenvalue weighted by molar-refractivity contribution is -0.150. The monoisotopic (exact) mass is 645 g/mol. The number of hydrogen-bond acceptors (Lipinski definition) is 6. The second-order valence-corrected chi connectivity index (χ2v) is 15.0. The fourth-order valence-corrected chi connectivity index (χ4v) is 7.27. The summed E-state index contributed by atoms with van der Waals surface area (Å²) >= 11 is -1.12. The average molecular weight is 646 g/mol. The van der Waals surface area contributed by atoms with Crippen molar-refractivity contribution in [1.82, 2.24) is 26.2 Å². The van der Waals surface area contributed by atoms with Crippen LogP contribution < -0.4 is 21.3 Å². The summed E-state index contributed by atoms with van der Waals surface area (Å²) < 4.78 is 12.2. The number of Topliss-reactive ketones (excluding diaryl/α,β-unsaturated/α-hetero) is 1. The molecule has 1 saturated carbocycles. The summed E-state index contributed by atoms with van der Waals surface area (Å²) in [6, 6.07) is -3.63. The van der Waals surface area contributed by atoms with Crippen LogP contribution in [-0.2, 0) is 30.4 Å². The van der Waals surface area contributed by atoms with Crippen LogP contribution in [0.5, 0.6) is 0 Å². The number of likely N-dealkylation sites (tertiary alicyclic amines) is 1. The van der Waals surface area contributed by atoms with Crippen LogP contribution in [0.4, 0.5) is 4.79 Å². The molecule has 5 amide bonds. The molecule has 12 heteroatoms. The van der Waals surface area contributed by atoms with Crippen molar-refractivity contribution >= 4 is 40.7 Å². The van der Waals surface area contributed by atoms with Gasteiger partial charge in [-0.3, -0.25) is 19.2 Å². The number of urea groups is 1. The fraction of sp³-hybridized carbons (Fsp3) is 0.727. The van der Waals surface area contributed by atoms with Crippen molar-refractivity contribution in [1.29, 1.82) is 0 Å². The van der Waals surface area contributed by atoms with Crippen LogP contribution in [0.3, 0.4) is 0 Å². The van der Waals surface area contributed by atoms with Gasteiger partial charge >= 0.3 is 6.03 Å². The molecule has 11 nitrogen and oxygen atoms in total. The number of nitrogens with zero attached hydrogens (tertiary/aromatic N) is 1. The molecule has 250 valence electrons. The van der Waals surface area contributed by atoms with Crippen molar-refractivity contribution in [3.05, 3.63) is 0 Å². The summed E-state index contributed by atoms with van der Waals surface area (Å²) in [6.45, 7) is 9.77. The summed E-state index contributed by atoms with van der Waals surface area (Å²) in [5.74, 6) is 1.89. The van der Waals surface area contributed by atoms with Gasteiger partial charge < -0.3 is 30.7 Å². The molecule has 3 unspecified atom stereocenters. The van der Waals surface area contributed by atoms with Gasteiger partial charge in [0.05, 0.1) is 24.4 Å². The number of hydrogen-bond donors (Lipinski definition) is 4. The van der Waals surface area contributed by atoms with Gasteiger partial charge in [-0.05, 0) is 42.9 Å². The molecule has 2 rings (SSSR count). The minimum absolute atomic E-state index is 0.0191. The summed E-state index contributed by atoms with van der Waals surface area (Å²) in [6.07, 6.45) is 17.0. The second kappa shape index (κ2) is 16.9. The number of amides is 5. The quantitative estimate of drug-likeness (QED) is 0.136. The topological polar surface area (TPSA) is 160 Å². The molecule has 0 bridgehead atoms. The number of carbonyl (C=O) groups excluding carboxylic acids is 5. The van der Waals surface area contributed by atoms with E-state index in [2.05, 4.69) is 33.1 Å². The first-order valence-electron chi connectivity index (χ1n) is 15.8. The molecule has 0 spiro atoms. The lowest BCUT2D eigenvalue weighted by atomic mass is 9.71. The maximum absolute atomic E-state index is 14.2. The Hall–Kier alpha value is -3.22. The minimum atomic E-state index is -1.20. The highest BCUT2D eigenvalue weighted by Crippen LogP contribution is 2.39. The first-order valence-corrected chi connectivity index (χ1v) is 17.5. The summed E-state index contributed by atoms with van der Waals surface area (Å²) in [5, 5.41) is 10.9. The zero-order chi connectivity index (χ0) is 33.9. The lowest BCUT2D eigenvalue weighted by Crippen LogP contribution is -2.65. The Morgan fingerprint density at radius 2 is 1.69 bits per heavy atom. The first kappa shape index (κ1) is 38.0. The predicted octanol–water partition coefficient (Wildman–Crippen LogP) is 1.87. The van der Waals surface area contributed by atoms with Gasteiger partial charge in [-0.25, -0.2) is 4.79 Å². The van der Waals surface area contributed by atoms with E-state index in [0.717, 1.165) is 19.3 Å². The predicted molar refractivity (Wildman–Crippen MR) is 175 cm³/mol. The van der Waals surface area contributed by atoms with E-state index in [9.17, 15) is 28.5 Å². The average Bonchev–Trinajstić information content (AvgIpc) is 2.96. The zero-order valence-electron chi connectivity index (χ0n) is 27.6. The minimum Gasteiger partial charge on any atom is -0.616 e. The molecule has 2 aliphatic rings. The molecule has 0 aromatic carbocycles. The third kappa shape index (κ3) is 10.7. The van der Waals surface area contributed by atoms with E-state index in [1.54, 1.807) is 6.26 Å². The van der Waals surface area contributed by atoms with Crippen LogP contribution in [0.1, 0.15) is 86.0 Å². The Kier molecular flexibility index (Phi) is 14.3. The molecule has 0 radical (unpaired) electrons. The van der Waals surface area contributed by atoms with Crippen molar-refractivity contribution < 1.29 is 28.5 Å². The van der Waals surface area contributed by atoms with Gasteiger partial charge in [0.15, 0.2) is 0 Å². The van der Waals surface area contributed by atoms with Crippen molar-refractivity contribution in [2.45, 2.75) is 110 Å². The zero-order valence-corrected chi connectivity index (χ0v) is 28.4. The van der Waals surface area contributed by atoms with Gasteiger partial charge in [0, 0.05) is 13.0 Å². The molecule has 0 aromatic heterocycles. The molecule has 0 aromatic rings. The molecule has 5 atom stereocenters. The highest BCUT2D eigenvalue weighted by Gasteiger charge is 2.47. The number of nitrogens with one attached hydrogen (secondary N) is 4. The fourth-order valence-electron chi connectivity index (χ4n) is 6.13. The van der Waals surface area contributed by atoms with Crippen molar-refractivity contribution in [2.24, 2.45) is 17.3 Å². The van der Waals surface area contributed by atoms with E-state index in [0.29, 0.717) is 25.0 Å². The van der Waals surface area contributed by atoms with Gasteiger partial charge in [0.1, 0.15) is 17.8 Å². The van der Waals surface area contributed by atoms with Gasteiger partial charge in [-0.15, -0.1) is 18.8 Å². The Morgan fingerprint density at radius 1 is 1.04 bits per heavy atom. The van der Waals surface area contributed by atoms with Crippen molar-refractivity contribution in [3.63, 3.8) is 0 Å². The summed E-state index contributed by atoms with van der Waals surface area (Å²) in [5.41, 5.74) is -0.937. The number of carbonyl (C=O) groups is 5. The Labute approximate surface area is 271 Å².